The molecule has 1 aromatic heterocycles. The average molecular weight is 517 g/mol. The second kappa shape index (κ2) is 9.83. The van der Waals surface area contributed by atoms with Crippen LogP contribution < -0.4 is 9.47 Å². The number of aliphatic hydroxyl groups is 1. The summed E-state index contributed by atoms with van der Waals surface area (Å²) in [7, 11) is 2.98. The highest BCUT2D eigenvalue weighted by atomic mass is 16.5. The molecule has 0 bridgehead atoms. The van der Waals surface area contributed by atoms with E-state index in [1.165, 1.54) is 26.4 Å². The molecule has 0 radical (unpaired) electrons. The van der Waals surface area contributed by atoms with Crippen molar-refractivity contribution in [3.63, 3.8) is 0 Å². The minimum absolute atomic E-state index is 0.187. The van der Waals surface area contributed by atoms with Gasteiger partial charge in [0.1, 0.15) is 11.5 Å². The molecule has 2 aromatic carbocycles. The van der Waals surface area contributed by atoms with Crippen molar-refractivity contribution in [2.75, 3.05) is 20.8 Å². The number of ketones is 1. The van der Waals surface area contributed by atoms with Gasteiger partial charge in [0.05, 0.1) is 32.9 Å². The van der Waals surface area contributed by atoms with Gasteiger partial charge >= 0.3 is 5.97 Å². The number of fused-ring (bicyclic) bond motifs is 3. The first-order valence-corrected chi connectivity index (χ1v) is 12.3. The van der Waals surface area contributed by atoms with E-state index in [1.54, 1.807) is 24.4 Å². The molecule has 1 aliphatic carbocycles. The SMILES string of the molecule is COc1ccc(CC(=O)N2C3=C(C=CC2(CO)C(=O)O)C(=O)CCCc2cc4[nH]ccc4cc23)c(OC)c1. The third kappa shape index (κ3) is 4.05. The number of aromatic nitrogens is 1. The molecule has 1 atom stereocenters. The van der Waals surface area contributed by atoms with Crippen LogP contribution in [0.4, 0.5) is 0 Å². The Balaban J connectivity index is 1.73. The van der Waals surface area contributed by atoms with Crippen LogP contribution in [0.2, 0.25) is 0 Å². The van der Waals surface area contributed by atoms with Crippen molar-refractivity contribution in [3.05, 3.63) is 77.0 Å². The first-order chi connectivity index (χ1) is 18.3. The van der Waals surface area contributed by atoms with E-state index >= 15 is 0 Å². The fourth-order valence-electron chi connectivity index (χ4n) is 5.28. The van der Waals surface area contributed by atoms with E-state index in [9.17, 15) is 24.6 Å². The van der Waals surface area contributed by atoms with Crippen LogP contribution in [0.3, 0.4) is 0 Å². The maximum atomic E-state index is 14.1. The van der Waals surface area contributed by atoms with Crippen LogP contribution in [0.1, 0.15) is 29.5 Å². The smallest absolute Gasteiger partial charge is 0.336 e. The zero-order valence-corrected chi connectivity index (χ0v) is 21.1. The van der Waals surface area contributed by atoms with Crippen molar-refractivity contribution in [1.82, 2.24) is 9.88 Å². The molecule has 196 valence electrons. The predicted molar refractivity (Wildman–Crippen MR) is 140 cm³/mol. The zero-order chi connectivity index (χ0) is 27.0. The van der Waals surface area contributed by atoms with Crippen LogP contribution >= 0.6 is 0 Å². The lowest BCUT2D eigenvalue weighted by Gasteiger charge is -2.43. The number of carbonyl (C=O) groups is 3. The number of aliphatic hydroxyl groups excluding tert-OH is 1. The monoisotopic (exact) mass is 516 g/mol. The van der Waals surface area contributed by atoms with Gasteiger partial charge < -0.3 is 24.7 Å². The fourth-order valence-corrected chi connectivity index (χ4v) is 5.28. The summed E-state index contributed by atoms with van der Waals surface area (Å²) in [6.45, 7) is -0.878. The average Bonchev–Trinajstić information content (AvgIpc) is 3.38. The standard InChI is InChI=1S/C29H28N2O7/c1-37-20-7-6-19(25(15-20)38-2)14-26(34)31-27-21(8-10-29(31,16-32)28(35)36)24(33)5-3-4-17-13-23-18(9-11-30-23)12-22(17)27/h6-13,15,30,32H,3-5,14,16H2,1-2H3,(H,35,36). The summed E-state index contributed by atoms with van der Waals surface area (Å²) < 4.78 is 10.7. The Hall–Kier alpha value is -4.37. The van der Waals surface area contributed by atoms with Gasteiger partial charge in [0.15, 0.2) is 11.3 Å². The van der Waals surface area contributed by atoms with Gasteiger partial charge in [0.25, 0.3) is 0 Å². The summed E-state index contributed by atoms with van der Waals surface area (Å²) in [5.74, 6) is -1.26. The first-order valence-electron chi connectivity index (χ1n) is 12.3. The van der Waals surface area contributed by atoms with Gasteiger partial charge in [-0.3, -0.25) is 14.5 Å². The number of carboxylic acid groups (broad SMARTS) is 1. The molecule has 0 saturated heterocycles. The number of hydrogen-bond acceptors (Lipinski definition) is 6. The number of Topliss-reactive ketones (excluding diaryl/α,β-unsaturated/α-hetero) is 1. The Morgan fingerprint density at radius 1 is 1.11 bits per heavy atom. The number of hydrogen-bond donors (Lipinski definition) is 3. The quantitative estimate of drug-likeness (QED) is 0.459. The zero-order valence-electron chi connectivity index (χ0n) is 21.1. The molecule has 0 fully saturated rings. The summed E-state index contributed by atoms with van der Waals surface area (Å²) >= 11 is 0. The number of benzene rings is 2. The molecule has 9 heteroatoms. The molecule has 5 rings (SSSR count). The Morgan fingerprint density at radius 3 is 2.63 bits per heavy atom. The van der Waals surface area contributed by atoms with E-state index in [0.29, 0.717) is 35.5 Å². The number of nitrogens with zero attached hydrogens (tertiary/aromatic N) is 1. The van der Waals surface area contributed by atoms with E-state index < -0.39 is 24.0 Å². The third-order valence-electron chi connectivity index (χ3n) is 7.28. The Morgan fingerprint density at radius 2 is 1.92 bits per heavy atom. The second-order valence-corrected chi connectivity index (χ2v) is 9.42. The van der Waals surface area contributed by atoms with E-state index in [-0.39, 0.29) is 29.9 Å². The van der Waals surface area contributed by atoms with Crippen LogP contribution in [-0.4, -0.2) is 64.1 Å². The lowest BCUT2D eigenvalue weighted by Crippen LogP contribution is -2.59. The number of amides is 1. The van der Waals surface area contributed by atoms with Crippen LogP contribution in [0.25, 0.3) is 16.6 Å². The van der Waals surface area contributed by atoms with Gasteiger partial charge in [-0.15, -0.1) is 0 Å². The molecule has 3 N–H and O–H groups in total. The fraction of sp³-hybridized carbons (Fsp3) is 0.276. The molecule has 0 spiro atoms. The number of methoxy groups -OCH3 is 2. The molecule has 38 heavy (non-hydrogen) atoms. The largest absolute Gasteiger partial charge is 0.497 e. The number of aromatic amines is 1. The highest BCUT2D eigenvalue weighted by molar-refractivity contribution is 6.11. The molecular formula is C29H28N2O7. The van der Waals surface area contributed by atoms with E-state index in [0.717, 1.165) is 21.4 Å². The minimum Gasteiger partial charge on any atom is -0.497 e. The highest BCUT2D eigenvalue weighted by Crippen LogP contribution is 2.41. The van der Waals surface area contributed by atoms with E-state index in [4.69, 9.17) is 9.47 Å². The molecule has 2 aliphatic rings. The number of H-pyrrole nitrogens is 1. The number of ether oxygens (including phenoxy) is 2. The van der Waals surface area contributed by atoms with Crippen molar-refractivity contribution in [2.45, 2.75) is 31.2 Å². The molecule has 9 nitrogen and oxygen atoms in total. The number of carboxylic acids is 1. The Labute approximate surface area is 219 Å². The maximum Gasteiger partial charge on any atom is 0.336 e. The van der Waals surface area contributed by atoms with Crippen molar-refractivity contribution in [1.29, 1.82) is 0 Å². The van der Waals surface area contributed by atoms with Crippen LogP contribution in [0, 0.1) is 0 Å². The van der Waals surface area contributed by atoms with Gasteiger partial charge in [0.2, 0.25) is 5.91 Å². The summed E-state index contributed by atoms with van der Waals surface area (Å²) in [5.41, 5.74) is 1.23. The number of aliphatic carboxylic acids is 1. The lowest BCUT2D eigenvalue weighted by atomic mass is 9.82. The number of allylic oxidation sites excluding steroid dienone is 2. The summed E-state index contributed by atoms with van der Waals surface area (Å²) in [4.78, 5) is 44.4. The number of carbonyl (C=O) groups excluding carboxylic acids is 2. The summed E-state index contributed by atoms with van der Waals surface area (Å²) in [5, 5.41) is 21.7. The molecule has 1 amide bonds. The molecule has 1 unspecified atom stereocenters. The van der Waals surface area contributed by atoms with Gasteiger partial charge in [0, 0.05) is 46.3 Å². The number of aryl methyl sites for hydroxylation is 1. The third-order valence-corrected chi connectivity index (χ3v) is 7.28. The van der Waals surface area contributed by atoms with Crippen molar-refractivity contribution >= 4 is 34.3 Å². The summed E-state index contributed by atoms with van der Waals surface area (Å²) in [6, 6.07) is 10.7. The van der Waals surface area contributed by atoms with Crippen LogP contribution in [-0.2, 0) is 27.2 Å². The van der Waals surface area contributed by atoms with Crippen molar-refractivity contribution in [3.8, 4) is 11.5 Å². The first kappa shape index (κ1) is 25.3. The number of nitrogens with one attached hydrogen (secondary N) is 1. The normalized spacial score (nSPS) is 19.0. The summed E-state index contributed by atoms with van der Waals surface area (Å²) in [6.07, 6.45) is 5.68. The van der Waals surface area contributed by atoms with Gasteiger partial charge in [-0.2, -0.15) is 0 Å². The minimum atomic E-state index is -2.10. The van der Waals surface area contributed by atoms with Gasteiger partial charge in [-0.05, 0) is 48.7 Å². The Kier molecular flexibility index (Phi) is 6.54. The van der Waals surface area contributed by atoms with E-state index in [2.05, 4.69) is 4.98 Å². The number of rotatable bonds is 6. The van der Waals surface area contributed by atoms with Crippen LogP contribution in [0.15, 0.2) is 60.3 Å². The molecule has 2 heterocycles. The second-order valence-electron chi connectivity index (χ2n) is 9.42. The molecule has 1 aliphatic heterocycles. The predicted octanol–water partition coefficient (Wildman–Crippen LogP) is 3.26. The molecular weight excluding hydrogens is 488 g/mol. The lowest BCUT2D eigenvalue weighted by molar-refractivity contribution is -0.154. The van der Waals surface area contributed by atoms with Crippen molar-refractivity contribution in [2.24, 2.45) is 0 Å². The molecule has 0 saturated carbocycles. The Bertz CT molecular complexity index is 1520. The van der Waals surface area contributed by atoms with Crippen molar-refractivity contribution < 1.29 is 34.1 Å². The topological polar surface area (TPSA) is 129 Å². The highest BCUT2D eigenvalue weighted by Gasteiger charge is 2.50. The van der Waals surface area contributed by atoms with Crippen LogP contribution in [0.5, 0.6) is 11.5 Å². The maximum absolute atomic E-state index is 14.1. The van der Waals surface area contributed by atoms with E-state index in [1.807, 2.05) is 18.2 Å². The van der Waals surface area contributed by atoms with Gasteiger partial charge in [-0.25, -0.2) is 4.79 Å². The molecule has 3 aromatic rings. The van der Waals surface area contributed by atoms with Gasteiger partial charge in [-0.1, -0.05) is 12.1 Å².